The van der Waals surface area contributed by atoms with Gasteiger partial charge in [-0.05, 0) is 24.1 Å². The maximum absolute atomic E-state index is 10.6. The van der Waals surface area contributed by atoms with E-state index in [4.69, 9.17) is 10.8 Å². The van der Waals surface area contributed by atoms with Crippen LogP contribution in [0.2, 0.25) is 0 Å². The first-order chi connectivity index (χ1) is 7.16. The molecule has 7 heteroatoms. The van der Waals surface area contributed by atoms with Crippen molar-refractivity contribution in [3.05, 3.63) is 23.8 Å². The summed E-state index contributed by atoms with van der Waals surface area (Å²) in [4.78, 5) is 10.6. The predicted octanol–water partition coefficient (Wildman–Crippen LogP) is 1.07. The largest absolute Gasteiger partial charge is 0.480 e. The Labute approximate surface area is 102 Å². The summed E-state index contributed by atoms with van der Waals surface area (Å²) in [6, 6.07) is 4.60. The van der Waals surface area contributed by atoms with Crippen molar-refractivity contribution in [1.29, 1.82) is 0 Å². The standard InChI is InChI=1S/C9H9N3O2S.ClH/c10-6(9(13)14)3-5-1-2-7-8(4-5)12-15-11-7;/h1-2,4,6H,3,10H2,(H,13,14);1H. The smallest absolute Gasteiger partial charge is 0.320 e. The Morgan fingerprint density at radius 3 is 2.81 bits per heavy atom. The quantitative estimate of drug-likeness (QED) is 0.861. The number of aromatic nitrogens is 2. The summed E-state index contributed by atoms with van der Waals surface area (Å²) in [5, 5.41) is 8.67. The van der Waals surface area contributed by atoms with E-state index >= 15 is 0 Å². The summed E-state index contributed by atoms with van der Waals surface area (Å²) in [7, 11) is 0. The Kier molecular flexibility index (Phi) is 4.17. The summed E-state index contributed by atoms with van der Waals surface area (Å²) in [5.41, 5.74) is 7.91. The second-order valence-electron chi connectivity index (χ2n) is 3.24. The molecule has 2 aromatic rings. The normalized spacial score (nSPS) is 12.1. The molecule has 1 aromatic carbocycles. The number of carboxylic acid groups (broad SMARTS) is 1. The summed E-state index contributed by atoms with van der Waals surface area (Å²) in [5.74, 6) is -0.994. The number of halogens is 1. The van der Waals surface area contributed by atoms with Crippen molar-refractivity contribution in [3.8, 4) is 0 Å². The van der Waals surface area contributed by atoms with Crippen molar-refractivity contribution in [1.82, 2.24) is 8.75 Å². The molecule has 2 rings (SSSR count). The van der Waals surface area contributed by atoms with E-state index in [1.54, 1.807) is 0 Å². The number of benzene rings is 1. The average molecular weight is 260 g/mol. The molecule has 0 radical (unpaired) electrons. The first-order valence-corrected chi connectivity index (χ1v) is 5.09. The molecule has 0 saturated carbocycles. The van der Waals surface area contributed by atoms with E-state index in [1.807, 2.05) is 18.2 Å². The molecule has 0 spiro atoms. The molecular formula is C9H10ClN3O2S. The number of fused-ring (bicyclic) bond motifs is 1. The first kappa shape index (κ1) is 12.8. The minimum atomic E-state index is -0.994. The van der Waals surface area contributed by atoms with Gasteiger partial charge in [-0.2, -0.15) is 8.75 Å². The second kappa shape index (κ2) is 5.20. The van der Waals surface area contributed by atoms with Crippen LogP contribution in [0.25, 0.3) is 11.0 Å². The van der Waals surface area contributed by atoms with Crippen LogP contribution in [0.1, 0.15) is 5.56 Å². The van der Waals surface area contributed by atoms with Crippen molar-refractivity contribution in [2.24, 2.45) is 5.73 Å². The molecule has 0 amide bonds. The molecular weight excluding hydrogens is 250 g/mol. The van der Waals surface area contributed by atoms with Crippen molar-refractivity contribution in [2.75, 3.05) is 0 Å². The highest BCUT2D eigenvalue weighted by Crippen LogP contribution is 2.14. The zero-order chi connectivity index (χ0) is 10.8. The Morgan fingerprint density at radius 2 is 2.12 bits per heavy atom. The average Bonchev–Trinajstić information content (AvgIpc) is 2.64. The Morgan fingerprint density at radius 1 is 1.44 bits per heavy atom. The zero-order valence-electron chi connectivity index (χ0n) is 8.16. The predicted molar refractivity (Wildman–Crippen MR) is 64.0 cm³/mol. The van der Waals surface area contributed by atoms with Crippen LogP contribution in [0.5, 0.6) is 0 Å². The number of hydrogen-bond donors (Lipinski definition) is 2. The highest BCUT2D eigenvalue weighted by Gasteiger charge is 2.12. The number of carbonyl (C=O) groups is 1. The molecule has 1 heterocycles. The van der Waals surface area contributed by atoms with E-state index in [-0.39, 0.29) is 12.4 Å². The molecule has 1 unspecified atom stereocenters. The van der Waals surface area contributed by atoms with Gasteiger partial charge in [-0.25, -0.2) is 0 Å². The van der Waals surface area contributed by atoms with Crippen LogP contribution < -0.4 is 5.73 Å². The van der Waals surface area contributed by atoms with Gasteiger partial charge >= 0.3 is 5.97 Å². The molecule has 0 aliphatic heterocycles. The molecule has 5 nitrogen and oxygen atoms in total. The van der Waals surface area contributed by atoms with Crippen molar-refractivity contribution < 1.29 is 9.90 Å². The van der Waals surface area contributed by atoms with Crippen LogP contribution in [-0.2, 0) is 11.2 Å². The number of rotatable bonds is 3. The fraction of sp³-hybridized carbons (Fsp3) is 0.222. The molecule has 3 N–H and O–H groups in total. The highest BCUT2D eigenvalue weighted by atomic mass is 35.5. The highest BCUT2D eigenvalue weighted by molar-refractivity contribution is 7.00. The van der Waals surface area contributed by atoms with Crippen LogP contribution >= 0.6 is 24.1 Å². The van der Waals surface area contributed by atoms with Gasteiger partial charge in [0.2, 0.25) is 0 Å². The van der Waals surface area contributed by atoms with E-state index in [1.165, 1.54) is 0 Å². The maximum atomic E-state index is 10.6. The monoisotopic (exact) mass is 259 g/mol. The van der Waals surface area contributed by atoms with E-state index in [0.717, 1.165) is 28.3 Å². The number of hydrogen-bond acceptors (Lipinski definition) is 5. The van der Waals surface area contributed by atoms with E-state index in [9.17, 15) is 4.79 Å². The fourth-order valence-corrected chi connectivity index (χ4v) is 1.81. The lowest BCUT2D eigenvalue weighted by molar-refractivity contribution is -0.138. The third-order valence-corrected chi connectivity index (χ3v) is 2.65. The molecule has 0 fully saturated rings. The minimum absolute atomic E-state index is 0. The number of nitrogens with two attached hydrogens (primary N) is 1. The molecule has 0 saturated heterocycles. The van der Waals surface area contributed by atoms with Crippen LogP contribution in [0.3, 0.4) is 0 Å². The van der Waals surface area contributed by atoms with E-state index in [2.05, 4.69) is 8.75 Å². The van der Waals surface area contributed by atoms with E-state index in [0.29, 0.717) is 6.42 Å². The van der Waals surface area contributed by atoms with Crippen molar-refractivity contribution in [3.63, 3.8) is 0 Å². The number of nitrogens with zero attached hydrogens (tertiary/aromatic N) is 2. The molecule has 1 atom stereocenters. The molecule has 16 heavy (non-hydrogen) atoms. The van der Waals surface area contributed by atoms with Crippen LogP contribution in [0.4, 0.5) is 0 Å². The molecule has 0 aliphatic rings. The van der Waals surface area contributed by atoms with Gasteiger partial charge in [-0.15, -0.1) is 12.4 Å². The minimum Gasteiger partial charge on any atom is -0.480 e. The van der Waals surface area contributed by atoms with Crippen LogP contribution in [0.15, 0.2) is 18.2 Å². The maximum Gasteiger partial charge on any atom is 0.320 e. The van der Waals surface area contributed by atoms with Gasteiger partial charge in [0.15, 0.2) is 0 Å². The topological polar surface area (TPSA) is 89.1 Å². The van der Waals surface area contributed by atoms with Crippen molar-refractivity contribution in [2.45, 2.75) is 12.5 Å². The Hall–Kier alpha value is -1.24. The van der Waals surface area contributed by atoms with Crippen LogP contribution in [-0.4, -0.2) is 25.9 Å². The summed E-state index contributed by atoms with van der Waals surface area (Å²) in [6.07, 6.45) is 0.308. The number of carboxylic acids is 1. The van der Waals surface area contributed by atoms with Crippen molar-refractivity contribution >= 4 is 41.1 Å². The van der Waals surface area contributed by atoms with Gasteiger partial charge in [0.25, 0.3) is 0 Å². The fourth-order valence-electron chi connectivity index (χ4n) is 1.30. The van der Waals surface area contributed by atoms with Gasteiger partial charge in [-0.1, -0.05) is 6.07 Å². The lowest BCUT2D eigenvalue weighted by Gasteiger charge is -2.05. The van der Waals surface area contributed by atoms with E-state index < -0.39 is 12.0 Å². The molecule has 1 aromatic heterocycles. The Balaban J connectivity index is 0.00000128. The second-order valence-corrected chi connectivity index (χ2v) is 3.76. The molecule has 0 aliphatic carbocycles. The molecule has 86 valence electrons. The van der Waals surface area contributed by atoms with Gasteiger partial charge < -0.3 is 10.8 Å². The number of aliphatic carboxylic acids is 1. The third-order valence-electron chi connectivity index (χ3n) is 2.09. The van der Waals surface area contributed by atoms with Gasteiger partial charge in [0.1, 0.15) is 17.1 Å². The summed E-state index contributed by atoms with van der Waals surface area (Å²) in [6.45, 7) is 0. The Bertz CT molecular complexity index is 502. The van der Waals surface area contributed by atoms with Gasteiger partial charge in [0.05, 0.1) is 11.7 Å². The van der Waals surface area contributed by atoms with Gasteiger partial charge in [0, 0.05) is 0 Å². The third kappa shape index (κ3) is 2.66. The SMILES string of the molecule is Cl.NC(Cc1ccc2nsnc2c1)C(=O)O. The first-order valence-electron chi connectivity index (χ1n) is 4.36. The lowest BCUT2D eigenvalue weighted by atomic mass is 10.1. The van der Waals surface area contributed by atoms with Crippen LogP contribution in [0, 0.1) is 0 Å². The summed E-state index contributed by atoms with van der Waals surface area (Å²) < 4.78 is 8.13. The lowest BCUT2D eigenvalue weighted by Crippen LogP contribution is -2.32. The zero-order valence-corrected chi connectivity index (χ0v) is 9.79. The summed E-state index contributed by atoms with van der Waals surface area (Å²) >= 11 is 1.14. The molecule has 0 bridgehead atoms. The van der Waals surface area contributed by atoms with Gasteiger partial charge in [-0.3, -0.25) is 4.79 Å².